The highest BCUT2D eigenvalue weighted by molar-refractivity contribution is 7.89. The summed E-state index contributed by atoms with van der Waals surface area (Å²) < 4.78 is 31.3. The van der Waals surface area contributed by atoms with Gasteiger partial charge in [0.05, 0.1) is 16.4 Å². The van der Waals surface area contributed by atoms with Crippen molar-refractivity contribution in [1.29, 1.82) is 0 Å². The van der Waals surface area contributed by atoms with Crippen LogP contribution in [-0.2, 0) is 14.8 Å². The number of nitrogens with one attached hydrogen (secondary N) is 1. The van der Waals surface area contributed by atoms with Crippen LogP contribution in [0.4, 0.5) is 5.69 Å². The number of nitro groups is 1. The Kier molecular flexibility index (Phi) is 6.02. The van der Waals surface area contributed by atoms with Crippen molar-refractivity contribution in [2.75, 3.05) is 20.3 Å². The maximum Gasteiger partial charge on any atom is 0.269 e. The lowest BCUT2D eigenvalue weighted by Gasteiger charge is -2.16. The van der Waals surface area contributed by atoms with Gasteiger partial charge in [-0.15, -0.1) is 0 Å². The molecule has 0 saturated heterocycles. The van der Waals surface area contributed by atoms with Gasteiger partial charge < -0.3 is 9.84 Å². The van der Waals surface area contributed by atoms with E-state index in [1.165, 1.54) is 7.11 Å². The molecule has 1 unspecified atom stereocenters. The number of ether oxygens (including phenoxy) is 1. The molecule has 8 nitrogen and oxygen atoms in total. The first-order chi connectivity index (χ1) is 9.40. The number of nitro benzene ring substituents is 1. The second-order valence-electron chi connectivity index (χ2n) is 4.04. The minimum Gasteiger partial charge on any atom is -0.396 e. The largest absolute Gasteiger partial charge is 0.396 e. The summed E-state index contributed by atoms with van der Waals surface area (Å²) in [5.74, 6) is 0. The molecule has 112 valence electrons. The van der Waals surface area contributed by atoms with E-state index in [1.54, 1.807) is 0 Å². The van der Waals surface area contributed by atoms with E-state index in [9.17, 15) is 18.5 Å². The summed E-state index contributed by atoms with van der Waals surface area (Å²) in [6, 6.07) is 3.98. The first-order valence-corrected chi connectivity index (χ1v) is 7.25. The molecule has 0 heterocycles. The lowest BCUT2D eigenvalue weighted by atomic mass is 10.2. The minimum atomic E-state index is -3.81. The van der Waals surface area contributed by atoms with E-state index in [0.717, 1.165) is 24.3 Å². The van der Waals surface area contributed by atoms with E-state index in [4.69, 9.17) is 9.84 Å². The second-order valence-corrected chi connectivity index (χ2v) is 5.75. The van der Waals surface area contributed by atoms with Crippen molar-refractivity contribution < 1.29 is 23.2 Å². The first kappa shape index (κ1) is 16.5. The molecule has 0 saturated carbocycles. The Bertz CT molecular complexity index is 537. The smallest absolute Gasteiger partial charge is 0.269 e. The van der Waals surface area contributed by atoms with Gasteiger partial charge in [-0.2, -0.15) is 0 Å². The summed E-state index contributed by atoms with van der Waals surface area (Å²) in [7, 11) is -2.39. The molecule has 0 aliphatic carbocycles. The number of non-ortho nitro benzene ring substituents is 1. The summed E-state index contributed by atoms with van der Waals surface area (Å²) in [4.78, 5) is 9.82. The molecule has 0 aromatic heterocycles. The van der Waals surface area contributed by atoms with Crippen molar-refractivity contribution in [3.63, 3.8) is 0 Å². The van der Waals surface area contributed by atoms with Crippen LogP contribution >= 0.6 is 0 Å². The van der Waals surface area contributed by atoms with Crippen molar-refractivity contribution in [3.8, 4) is 0 Å². The molecule has 0 bridgehead atoms. The molecule has 0 radical (unpaired) electrons. The number of hydrogen-bond acceptors (Lipinski definition) is 6. The zero-order valence-electron chi connectivity index (χ0n) is 10.9. The third kappa shape index (κ3) is 4.53. The van der Waals surface area contributed by atoms with Crippen LogP contribution < -0.4 is 4.72 Å². The standard InChI is InChI=1S/C11H16N2O6S/c1-19-8-9(6-7-14)12-20(17,18)11-4-2-10(3-5-11)13(15)16/h2-5,9,12,14H,6-8H2,1H3. The van der Waals surface area contributed by atoms with Crippen molar-refractivity contribution in [2.24, 2.45) is 0 Å². The number of methoxy groups -OCH3 is 1. The van der Waals surface area contributed by atoms with E-state index in [-0.39, 0.29) is 30.2 Å². The van der Waals surface area contributed by atoms with E-state index in [2.05, 4.69) is 4.72 Å². The third-order valence-electron chi connectivity index (χ3n) is 2.53. The molecule has 1 atom stereocenters. The van der Waals surface area contributed by atoms with Crippen LogP contribution in [0.3, 0.4) is 0 Å². The van der Waals surface area contributed by atoms with Gasteiger partial charge >= 0.3 is 0 Å². The van der Waals surface area contributed by atoms with E-state index in [0.29, 0.717) is 0 Å². The highest BCUT2D eigenvalue weighted by Crippen LogP contribution is 2.16. The Labute approximate surface area is 116 Å². The predicted molar refractivity (Wildman–Crippen MR) is 70.8 cm³/mol. The summed E-state index contributed by atoms with van der Waals surface area (Å²) in [5, 5.41) is 19.4. The van der Waals surface area contributed by atoms with Crippen LogP contribution in [0.15, 0.2) is 29.2 Å². The number of sulfonamides is 1. The number of aliphatic hydroxyl groups excluding tert-OH is 1. The maximum atomic E-state index is 12.1. The fourth-order valence-electron chi connectivity index (χ4n) is 1.57. The summed E-state index contributed by atoms with van der Waals surface area (Å²) >= 11 is 0. The number of nitrogens with zero attached hydrogens (tertiary/aromatic N) is 1. The second kappa shape index (κ2) is 7.29. The van der Waals surface area contributed by atoms with Crippen molar-refractivity contribution in [3.05, 3.63) is 34.4 Å². The molecule has 2 N–H and O–H groups in total. The van der Waals surface area contributed by atoms with Gasteiger partial charge in [-0.25, -0.2) is 13.1 Å². The first-order valence-electron chi connectivity index (χ1n) is 5.77. The van der Waals surface area contributed by atoms with Crippen LogP contribution in [0, 0.1) is 10.1 Å². The van der Waals surface area contributed by atoms with Gasteiger partial charge in [0.2, 0.25) is 10.0 Å². The fourth-order valence-corrected chi connectivity index (χ4v) is 2.82. The normalized spacial score (nSPS) is 13.1. The van der Waals surface area contributed by atoms with E-state index in [1.807, 2.05) is 0 Å². The third-order valence-corrected chi connectivity index (χ3v) is 4.06. The predicted octanol–water partition coefficient (Wildman–Crippen LogP) is 0.270. The maximum absolute atomic E-state index is 12.1. The van der Waals surface area contributed by atoms with Crippen LogP contribution in [0.2, 0.25) is 0 Å². The zero-order valence-corrected chi connectivity index (χ0v) is 11.7. The molecule has 1 aromatic carbocycles. The van der Waals surface area contributed by atoms with Crippen molar-refractivity contribution >= 4 is 15.7 Å². The van der Waals surface area contributed by atoms with E-state index < -0.39 is 21.0 Å². The number of rotatable bonds is 8. The molecule has 0 fully saturated rings. The quantitative estimate of drug-likeness (QED) is 0.525. The van der Waals surface area contributed by atoms with Gasteiger partial charge in [0.1, 0.15) is 0 Å². The van der Waals surface area contributed by atoms with Crippen LogP contribution in [-0.4, -0.2) is 44.8 Å². The van der Waals surface area contributed by atoms with Crippen molar-refractivity contribution in [1.82, 2.24) is 4.72 Å². The van der Waals surface area contributed by atoms with Gasteiger partial charge in [0, 0.05) is 31.9 Å². The number of aliphatic hydroxyl groups is 1. The van der Waals surface area contributed by atoms with E-state index >= 15 is 0 Å². The molecule has 20 heavy (non-hydrogen) atoms. The topological polar surface area (TPSA) is 119 Å². The van der Waals surface area contributed by atoms with Gasteiger partial charge in [-0.05, 0) is 18.6 Å². The lowest BCUT2D eigenvalue weighted by molar-refractivity contribution is -0.384. The fraction of sp³-hybridized carbons (Fsp3) is 0.455. The Morgan fingerprint density at radius 1 is 1.40 bits per heavy atom. The molecular weight excluding hydrogens is 288 g/mol. The molecular formula is C11H16N2O6S. The molecule has 0 aliphatic rings. The summed E-state index contributed by atoms with van der Waals surface area (Å²) in [6.07, 6.45) is 0.208. The van der Waals surface area contributed by atoms with Crippen LogP contribution in [0.25, 0.3) is 0 Å². The highest BCUT2D eigenvalue weighted by atomic mass is 32.2. The van der Waals surface area contributed by atoms with Gasteiger partial charge in [-0.1, -0.05) is 0 Å². The van der Waals surface area contributed by atoms with Gasteiger partial charge in [0.25, 0.3) is 5.69 Å². The monoisotopic (exact) mass is 304 g/mol. The summed E-state index contributed by atoms with van der Waals surface area (Å²) in [6.45, 7) is -0.0659. The molecule has 1 aromatic rings. The molecule has 0 aliphatic heterocycles. The Hall–Kier alpha value is -1.55. The average molecular weight is 304 g/mol. The molecule has 0 amide bonds. The zero-order chi connectivity index (χ0) is 15.2. The number of hydrogen-bond donors (Lipinski definition) is 2. The molecule has 9 heteroatoms. The SMILES string of the molecule is COCC(CCO)NS(=O)(=O)c1ccc([N+](=O)[O-])cc1. The Balaban J connectivity index is 2.89. The lowest BCUT2D eigenvalue weighted by Crippen LogP contribution is -2.38. The van der Waals surface area contributed by atoms with Gasteiger partial charge in [0.15, 0.2) is 0 Å². The van der Waals surface area contributed by atoms with Gasteiger partial charge in [-0.3, -0.25) is 10.1 Å². The Morgan fingerprint density at radius 3 is 2.45 bits per heavy atom. The molecule has 0 spiro atoms. The van der Waals surface area contributed by atoms with Crippen molar-refractivity contribution in [2.45, 2.75) is 17.4 Å². The molecule has 1 rings (SSSR count). The Morgan fingerprint density at radius 2 is 2.00 bits per heavy atom. The average Bonchev–Trinajstić information content (AvgIpc) is 2.39. The van der Waals surface area contributed by atoms with Crippen LogP contribution in [0.5, 0.6) is 0 Å². The summed E-state index contributed by atoms with van der Waals surface area (Å²) in [5.41, 5.74) is -0.187. The number of benzene rings is 1. The van der Waals surface area contributed by atoms with Crippen LogP contribution in [0.1, 0.15) is 6.42 Å². The minimum absolute atomic E-state index is 0.0813. The highest BCUT2D eigenvalue weighted by Gasteiger charge is 2.20.